The average Bonchev–Trinajstić information content (AvgIpc) is 2.37. The number of oxime groups is 1. The van der Waals surface area contributed by atoms with E-state index in [0.717, 1.165) is 6.07 Å². The minimum Gasteiger partial charge on any atom is -0.409 e. The van der Waals surface area contributed by atoms with Gasteiger partial charge in [0.25, 0.3) is 5.91 Å². The van der Waals surface area contributed by atoms with Crippen LogP contribution in [0.2, 0.25) is 0 Å². The van der Waals surface area contributed by atoms with E-state index in [2.05, 4.69) is 10.5 Å². The van der Waals surface area contributed by atoms with Crippen LogP contribution in [0.3, 0.4) is 0 Å². The van der Waals surface area contributed by atoms with Crippen LogP contribution in [0, 0.1) is 18.7 Å². The molecule has 5 nitrogen and oxygen atoms in total. The van der Waals surface area contributed by atoms with E-state index in [4.69, 9.17) is 10.9 Å². The topological polar surface area (TPSA) is 87.7 Å². The first-order valence-corrected chi connectivity index (χ1v) is 5.91. The Morgan fingerprint density at radius 2 is 2.11 bits per heavy atom. The van der Waals surface area contributed by atoms with Crippen LogP contribution in [0.1, 0.15) is 29.8 Å². The molecule has 0 saturated heterocycles. The molecule has 4 N–H and O–H groups in total. The lowest BCUT2D eigenvalue weighted by Gasteiger charge is -2.21. The Kier molecular flexibility index (Phi) is 4.86. The van der Waals surface area contributed by atoms with Gasteiger partial charge in [-0.3, -0.25) is 4.79 Å². The second-order valence-electron chi connectivity index (χ2n) is 4.68. The van der Waals surface area contributed by atoms with Crippen LogP contribution >= 0.6 is 0 Å². The van der Waals surface area contributed by atoms with Gasteiger partial charge < -0.3 is 16.3 Å². The number of amides is 1. The molecule has 0 saturated carbocycles. The zero-order chi connectivity index (χ0) is 14.6. The Morgan fingerprint density at radius 1 is 1.47 bits per heavy atom. The molecule has 0 radical (unpaired) electrons. The van der Waals surface area contributed by atoms with Crippen LogP contribution < -0.4 is 11.1 Å². The molecule has 19 heavy (non-hydrogen) atoms. The number of rotatable bonds is 4. The molecule has 1 unspecified atom stereocenters. The number of amidine groups is 1. The van der Waals surface area contributed by atoms with E-state index in [1.54, 1.807) is 6.92 Å². The summed E-state index contributed by atoms with van der Waals surface area (Å²) in [7, 11) is 0. The number of carbonyl (C=O) groups is 1. The number of nitrogens with two attached hydrogens (primary N) is 1. The van der Waals surface area contributed by atoms with Gasteiger partial charge in [0.1, 0.15) is 5.82 Å². The van der Waals surface area contributed by atoms with Crippen LogP contribution in [0.15, 0.2) is 23.4 Å². The summed E-state index contributed by atoms with van der Waals surface area (Å²) in [6, 6.07) is 3.36. The summed E-state index contributed by atoms with van der Waals surface area (Å²) < 4.78 is 13.2. The molecule has 1 atom stereocenters. The maximum atomic E-state index is 13.2. The van der Waals surface area contributed by atoms with E-state index in [0.29, 0.717) is 5.56 Å². The van der Waals surface area contributed by atoms with Crippen molar-refractivity contribution in [1.29, 1.82) is 0 Å². The molecule has 0 bridgehead atoms. The van der Waals surface area contributed by atoms with Crippen molar-refractivity contribution in [3.05, 3.63) is 35.1 Å². The average molecular weight is 267 g/mol. The number of nitrogens with one attached hydrogen (secondary N) is 1. The molecule has 104 valence electrons. The quantitative estimate of drug-likeness (QED) is 0.335. The summed E-state index contributed by atoms with van der Waals surface area (Å²) in [6.45, 7) is 5.35. The number of nitrogens with zero attached hydrogens (tertiary/aromatic N) is 1. The Hall–Kier alpha value is -2.11. The molecule has 0 aliphatic heterocycles. The van der Waals surface area contributed by atoms with Gasteiger partial charge in [0.15, 0.2) is 5.84 Å². The third-order valence-corrected chi connectivity index (χ3v) is 2.83. The van der Waals surface area contributed by atoms with E-state index in [-0.39, 0.29) is 17.3 Å². The van der Waals surface area contributed by atoms with Gasteiger partial charge >= 0.3 is 0 Å². The van der Waals surface area contributed by atoms with Crippen molar-refractivity contribution in [3.63, 3.8) is 0 Å². The van der Waals surface area contributed by atoms with Gasteiger partial charge in [-0.05, 0) is 30.5 Å². The largest absolute Gasteiger partial charge is 0.409 e. The second-order valence-corrected chi connectivity index (χ2v) is 4.68. The number of benzene rings is 1. The van der Waals surface area contributed by atoms with E-state index in [9.17, 15) is 9.18 Å². The fourth-order valence-corrected chi connectivity index (χ4v) is 1.70. The van der Waals surface area contributed by atoms with Gasteiger partial charge in [0.05, 0.1) is 6.04 Å². The number of carbonyl (C=O) groups excluding carboxylic acids is 1. The molecule has 0 fully saturated rings. The molecule has 1 aromatic carbocycles. The number of hydrogen-bond acceptors (Lipinski definition) is 3. The summed E-state index contributed by atoms with van der Waals surface area (Å²) in [4.78, 5) is 12.1. The van der Waals surface area contributed by atoms with Gasteiger partial charge in [-0.1, -0.05) is 25.1 Å². The van der Waals surface area contributed by atoms with Crippen LogP contribution in [-0.2, 0) is 0 Å². The van der Waals surface area contributed by atoms with Crippen molar-refractivity contribution >= 4 is 11.7 Å². The fraction of sp³-hybridized carbons (Fsp3) is 0.385. The van der Waals surface area contributed by atoms with Gasteiger partial charge in [0.2, 0.25) is 0 Å². The van der Waals surface area contributed by atoms with Crippen LogP contribution in [0.25, 0.3) is 0 Å². The molecule has 0 aliphatic carbocycles. The maximum Gasteiger partial charge on any atom is 0.252 e. The molecule has 1 aromatic rings. The SMILES string of the molecule is Cc1ccc(F)cc1C(=O)NC(C(N)=NO)C(C)C. The standard InChI is InChI=1S/C13H18FN3O2/c1-7(2)11(12(15)17-19)16-13(18)10-6-9(14)5-4-8(10)3/h4-7,11,19H,1-3H3,(H2,15,17)(H,16,18). The second kappa shape index (κ2) is 6.17. The summed E-state index contributed by atoms with van der Waals surface area (Å²) in [5.41, 5.74) is 6.41. The maximum absolute atomic E-state index is 13.2. The van der Waals surface area contributed by atoms with E-state index in [1.807, 2.05) is 13.8 Å². The molecular weight excluding hydrogens is 249 g/mol. The van der Waals surface area contributed by atoms with Gasteiger partial charge in [0, 0.05) is 5.56 Å². The van der Waals surface area contributed by atoms with Crippen LogP contribution in [0.4, 0.5) is 4.39 Å². The molecule has 6 heteroatoms. The first-order valence-electron chi connectivity index (χ1n) is 5.91. The van der Waals surface area contributed by atoms with E-state index < -0.39 is 17.8 Å². The Bertz CT molecular complexity index is 501. The van der Waals surface area contributed by atoms with Crippen molar-refractivity contribution in [2.45, 2.75) is 26.8 Å². The van der Waals surface area contributed by atoms with Gasteiger partial charge in [-0.15, -0.1) is 0 Å². The van der Waals surface area contributed by atoms with Gasteiger partial charge in [-0.2, -0.15) is 0 Å². The summed E-state index contributed by atoms with van der Waals surface area (Å²) in [5, 5.41) is 14.2. The first kappa shape index (κ1) is 14.9. The highest BCUT2D eigenvalue weighted by atomic mass is 19.1. The molecule has 0 heterocycles. The predicted molar refractivity (Wildman–Crippen MR) is 70.6 cm³/mol. The zero-order valence-corrected chi connectivity index (χ0v) is 11.1. The van der Waals surface area contributed by atoms with E-state index >= 15 is 0 Å². The lowest BCUT2D eigenvalue weighted by Crippen LogP contribution is -2.48. The van der Waals surface area contributed by atoms with Crippen molar-refractivity contribution in [1.82, 2.24) is 5.32 Å². The van der Waals surface area contributed by atoms with E-state index in [1.165, 1.54) is 12.1 Å². The fourth-order valence-electron chi connectivity index (χ4n) is 1.70. The highest BCUT2D eigenvalue weighted by molar-refractivity contribution is 5.99. The Balaban J connectivity index is 2.97. The minimum atomic E-state index is -0.611. The zero-order valence-electron chi connectivity index (χ0n) is 11.1. The molecule has 1 amide bonds. The smallest absolute Gasteiger partial charge is 0.252 e. The third kappa shape index (κ3) is 3.67. The molecule has 0 aliphatic rings. The number of halogens is 1. The van der Waals surface area contributed by atoms with Crippen molar-refractivity contribution in [3.8, 4) is 0 Å². The lowest BCUT2D eigenvalue weighted by atomic mass is 10.0. The van der Waals surface area contributed by atoms with Crippen molar-refractivity contribution in [2.24, 2.45) is 16.8 Å². The van der Waals surface area contributed by atoms with Crippen LogP contribution in [-0.4, -0.2) is 23.0 Å². The van der Waals surface area contributed by atoms with Crippen LogP contribution in [0.5, 0.6) is 0 Å². The third-order valence-electron chi connectivity index (χ3n) is 2.83. The molecule has 1 rings (SSSR count). The van der Waals surface area contributed by atoms with Crippen molar-refractivity contribution in [2.75, 3.05) is 0 Å². The monoisotopic (exact) mass is 267 g/mol. The Morgan fingerprint density at radius 3 is 2.63 bits per heavy atom. The highest BCUT2D eigenvalue weighted by Crippen LogP contribution is 2.11. The normalized spacial score (nSPS) is 13.4. The molecule has 0 spiro atoms. The minimum absolute atomic E-state index is 0.0614. The Labute approximate surface area is 111 Å². The predicted octanol–water partition coefficient (Wildman–Crippen LogP) is 1.63. The first-order chi connectivity index (χ1) is 8.86. The molecular formula is C13H18FN3O2. The molecule has 0 aromatic heterocycles. The summed E-state index contributed by atoms with van der Waals surface area (Å²) in [6.07, 6.45) is 0. The van der Waals surface area contributed by atoms with Crippen molar-refractivity contribution < 1.29 is 14.4 Å². The van der Waals surface area contributed by atoms with Gasteiger partial charge in [-0.25, -0.2) is 4.39 Å². The number of hydrogen-bond donors (Lipinski definition) is 3. The highest BCUT2D eigenvalue weighted by Gasteiger charge is 2.22. The summed E-state index contributed by atoms with van der Waals surface area (Å²) in [5.74, 6) is -1.09. The summed E-state index contributed by atoms with van der Waals surface area (Å²) >= 11 is 0. The number of aryl methyl sites for hydroxylation is 1. The lowest BCUT2D eigenvalue weighted by molar-refractivity contribution is 0.0937.